The van der Waals surface area contributed by atoms with E-state index in [1.807, 2.05) is 0 Å². The summed E-state index contributed by atoms with van der Waals surface area (Å²) >= 11 is 0. The number of alkyl halides is 3. The summed E-state index contributed by atoms with van der Waals surface area (Å²) in [5.41, 5.74) is -0.621. The number of carbonyl (C=O) groups is 1. The first-order chi connectivity index (χ1) is 10.6. The second-order valence-electron chi connectivity index (χ2n) is 6.37. The number of aliphatic imine (C=N–C) groups is 1. The van der Waals surface area contributed by atoms with E-state index in [2.05, 4.69) is 20.9 Å². The molecule has 0 saturated carbocycles. The summed E-state index contributed by atoms with van der Waals surface area (Å²) in [6.07, 6.45) is -3.55. The maximum absolute atomic E-state index is 12.4. The summed E-state index contributed by atoms with van der Waals surface area (Å²) in [7, 11) is 3.16. The molecule has 24 heavy (non-hydrogen) atoms. The first-order valence-corrected chi connectivity index (χ1v) is 7.56. The maximum atomic E-state index is 12.4. The molecule has 0 spiro atoms. The molecule has 3 N–H and O–H groups in total. The number of likely N-dealkylation sites (tertiary alicyclic amines) is 1. The van der Waals surface area contributed by atoms with Gasteiger partial charge in [-0.2, -0.15) is 13.2 Å². The predicted octanol–water partition coefficient (Wildman–Crippen LogP) is 1.18. The van der Waals surface area contributed by atoms with Crippen LogP contribution in [-0.4, -0.2) is 69.3 Å². The van der Waals surface area contributed by atoms with Crippen LogP contribution >= 0.6 is 24.0 Å². The molecule has 0 aliphatic carbocycles. The fourth-order valence-electron chi connectivity index (χ4n) is 2.46. The number of hydrogen-bond acceptors (Lipinski definition) is 3. The summed E-state index contributed by atoms with van der Waals surface area (Å²) in [6, 6.07) is -0.0911. The van der Waals surface area contributed by atoms with Crippen molar-refractivity contribution in [2.75, 3.05) is 40.3 Å². The van der Waals surface area contributed by atoms with Crippen LogP contribution in [0.4, 0.5) is 13.2 Å². The number of hydrogen-bond donors (Lipinski definition) is 3. The van der Waals surface area contributed by atoms with Crippen LogP contribution in [0.15, 0.2) is 4.99 Å². The van der Waals surface area contributed by atoms with Gasteiger partial charge in [0.1, 0.15) is 0 Å². The molecule has 0 aromatic rings. The zero-order valence-electron chi connectivity index (χ0n) is 14.5. The third kappa shape index (κ3) is 7.86. The largest absolute Gasteiger partial charge is 0.401 e. The van der Waals surface area contributed by atoms with Gasteiger partial charge in [0.25, 0.3) is 0 Å². The lowest BCUT2D eigenvalue weighted by molar-refractivity contribution is -0.143. The van der Waals surface area contributed by atoms with E-state index in [1.54, 1.807) is 27.9 Å². The molecule has 0 bridgehead atoms. The van der Waals surface area contributed by atoms with Crippen LogP contribution in [0, 0.1) is 5.41 Å². The first-order valence-electron chi connectivity index (χ1n) is 7.56. The van der Waals surface area contributed by atoms with Crippen molar-refractivity contribution in [1.82, 2.24) is 20.9 Å². The van der Waals surface area contributed by atoms with Crippen LogP contribution in [-0.2, 0) is 4.79 Å². The normalized spacial score (nSPS) is 19.6. The standard InChI is InChI=1S/C14H26F3N5O.HI/c1-13(2,11(23)18-3)8-20-12(19-4)21-10-5-6-22(7-10)9-14(15,16)17;/h10H,5-9H2,1-4H3,(H,18,23)(H2,19,20,21);1H. The van der Waals surface area contributed by atoms with Crippen LogP contribution in [0.1, 0.15) is 20.3 Å². The third-order valence-electron chi connectivity index (χ3n) is 3.78. The van der Waals surface area contributed by atoms with Crippen LogP contribution in [0.2, 0.25) is 0 Å². The zero-order valence-corrected chi connectivity index (χ0v) is 16.8. The summed E-state index contributed by atoms with van der Waals surface area (Å²) in [5, 5.41) is 8.76. The lowest BCUT2D eigenvalue weighted by atomic mass is 9.92. The minimum absolute atomic E-state index is 0. The number of guanidine groups is 1. The monoisotopic (exact) mass is 465 g/mol. The van der Waals surface area contributed by atoms with E-state index in [0.717, 1.165) is 0 Å². The summed E-state index contributed by atoms with van der Waals surface area (Å²) in [5.74, 6) is 0.388. The Morgan fingerprint density at radius 3 is 2.46 bits per heavy atom. The molecule has 10 heteroatoms. The van der Waals surface area contributed by atoms with E-state index < -0.39 is 18.1 Å². The Labute approximate surface area is 158 Å². The summed E-state index contributed by atoms with van der Waals surface area (Å²) < 4.78 is 37.2. The Morgan fingerprint density at radius 2 is 1.96 bits per heavy atom. The summed E-state index contributed by atoms with van der Waals surface area (Å²) in [6.45, 7) is 3.79. The molecule has 1 amide bonds. The average Bonchev–Trinajstić information content (AvgIpc) is 2.87. The van der Waals surface area contributed by atoms with Gasteiger partial charge in [-0.15, -0.1) is 24.0 Å². The van der Waals surface area contributed by atoms with Crippen LogP contribution in [0.3, 0.4) is 0 Å². The topological polar surface area (TPSA) is 68.8 Å². The lowest BCUT2D eigenvalue weighted by Crippen LogP contribution is -2.50. The van der Waals surface area contributed by atoms with Crippen molar-refractivity contribution in [2.45, 2.75) is 32.5 Å². The minimum Gasteiger partial charge on any atom is -0.359 e. The second-order valence-corrected chi connectivity index (χ2v) is 6.37. The van der Waals surface area contributed by atoms with E-state index in [4.69, 9.17) is 0 Å². The highest BCUT2D eigenvalue weighted by Crippen LogP contribution is 2.20. The van der Waals surface area contributed by atoms with Gasteiger partial charge < -0.3 is 16.0 Å². The molecule has 1 saturated heterocycles. The molecule has 1 fully saturated rings. The van der Waals surface area contributed by atoms with E-state index in [1.165, 1.54) is 4.90 Å². The molecule has 1 aliphatic heterocycles. The molecule has 1 rings (SSSR count). The molecular weight excluding hydrogens is 438 g/mol. The van der Waals surface area contributed by atoms with E-state index in [-0.39, 0.29) is 35.9 Å². The number of rotatable bonds is 5. The number of halogens is 4. The molecule has 6 nitrogen and oxygen atoms in total. The van der Waals surface area contributed by atoms with Gasteiger partial charge in [0, 0.05) is 39.8 Å². The Morgan fingerprint density at radius 1 is 1.33 bits per heavy atom. The molecule has 1 unspecified atom stereocenters. The fraction of sp³-hybridized carbons (Fsp3) is 0.857. The Kier molecular flexibility index (Phi) is 9.32. The van der Waals surface area contributed by atoms with Gasteiger partial charge in [-0.3, -0.25) is 14.7 Å². The Hall–Kier alpha value is -0.780. The number of nitrogens with zero attached hydrogens (tertiary/aromatic N) is 2. The van der Waals surface area contributed by atoms with Crippen molar-refractivity contribution in [3.8, 4) is 0 Å². The number of nitrogens with one attached hydrogen (secondary N) is 3. The quantitative estimate of drug-likeness (QED) is 0.324. The summed E-state index contributed by atoms with van der Waals surface area (Å²) in [4.78, 5) is 17.2. The average molecular weight is 465 g/mol. The Bertz CT molecular complexity index is 443. The predicted molar refractivity (Wildman–Crippen MR) is 98.7 cm³/mol. The molecule has 0 aromatic carbocycles. The number of amides is 1. The van der Waals surface area contributed by atoms with E-state index in [0.29, 0.717) is 32.0 Å². The van der Waals surface area contributed by atoms with Crippen LogP contribution in [0.25, 0.3) is 0 Å². The van der Waals surface area contributed by atoms with Gasteiger partial charge in [-0.25, -0.2) is 0 Å². The zero-order chi connectivity index (χ0) is 17.7. The molecular formula is C14H27F3IN5O. The maximum Gasteiger partial charge on any atom is 0.401 e. The smallest absolute Gasteiger partial charge is 0.359 e. The highest BCUT2D eigenvalue weighted by atomic mass is 127. The van der Waals surface area contributed by atoms with Gasteiger partial charge in [-0.05, 0) is 20.3 Å². The van der Waals surface area contributed by atoms with Crippen molar-refractivity contribution in [3.05, 3.63) is 0 Å². The fourth-order valence-corrected chi connectivity index (χ4v) is 2.46. The lowest BCUT2D eigenvalue weighted by Gasteiger charge is -2.25. The van der Waals surface area contributed by atoms with Gasteiger partial charge in [-0.1, -0.05) is 0 Å². The molecule has 1 heterocycles. The molecule has 0 radical (unpaired) electrons. The van der Waals surface area contributed by atoms with Gasteiger partial charge in [0.05, 0.1) is 12.0 Å². The molecule has 142 valence electrons. The van der Waals surface area contributed by atoms with Gasteiger partial charge in [0.15, 0.2) is 5.96 Å². The van der Waals surface area contributed by atoms with Crippen LogP contribution in [0.5, 0.6) is 0 Å². The minimum atomic E-state index is -4.17. The van der Waals surface area contributed by atoms with Crippen molar-refractivity contribution in [2.24, 2.45) is 10.4 Å². The molecule has 1 atom stereocenters. The SMILES string of the molecule is CN=C(NCC(C)(C)C(=O)NC)NC1CCN(CC(F)(F)F)C1.I. The molecule has 1 aliphatic rings. The highest BCUT2D eigenvalue weighted by Gasteiger charge is 2.34. The van der Waals surface area contributed by atoms with Crippen molar-refractivity contribution in [1.29, 1.82) is 0 Å². The third-order valence-corrected chi connectivity index (χ3v) is 3.78. The second kappa shape index (κ2) is 9.64. The van der Waals surface area contributed by atoms with Gasteiger partial charge in [0.2, 0.25) is 5.91 Å². The van der Waals surface area contributed by atoms with Crippen LogP contribution < -0.4 is 16.0 Å². The van der Waals surface area contributed by atoms with Crippen molar-refractivity contribution < 1.29 is 18.0 Å². The number of carbonyl (C=O) groups excluding carboxylic acids is 1. The molecule has 0 aromatic heterocycles. The first kappa shape index (κ1) is 23.2. The van der Waals surface area contributed by atoms with Crippen molar-refractivity contribution >= 4 is 35.8 Å². The van der Waals surface area contributed by atoms with E-state index in [9.17, 15) is 18.0 Å². The van der Waals surface area contributed by atoms with Crippen molar-refractivity contribution in [3.63, 3.8) is 0 Å². The Balaban J connectivity index is 0.00000529. The highest BCUT2D eigenvalue weighted by molar-refractivity contribution is 14.0. The van der Waals surface area contributed by atoms with E-state index >= 15 is 0 Å². The van der Waals surface area contributed by atoms with Gasteiger partial charge >= 0.3 is 6.18 Å².